The molecule has 0 saturated heterocycles. The molecule has 1 N–H and O–H groups in total. The molecule has 0 fully saturated rings. The third-order valence-electron chi connectivity index (χ3n) is 3.84. The van der Waals surface area contributed by atoms with Gasteiger partial charge in [0.1, 0.15) is 5.15 Å². The summed E-state index contributed by atoms with van der Waals surface area (Å²) >= 11 is 6.08. The normalized spacial score (nSPS) is 13.1. The lowest BCUT2D eigenvalue weighted by Crippen LogP contribution is -2.19. The molecule has 124 valence electrons. The molecule has 24 heavy (non-hydrogen) atoms. The van der Waals surface area contributed by atoms with Crippen LogP contribution in [0.15, 0.2) is 66.3 Å². The van der Waals surface area contributed by atoms with Crippen molar-refractivity contribution in [3.8, 4) is 0 Å². The molecule has 0 amide bonds. The largest absolute Gasteiger partial charge is 0.390 e. The van der Waals surface area contributed by atoms with Crippen molar-refractivity contribution in [2.24, 2.45) is 0 Å². The predicted molar refractivity (Wildman–Crippen MR) is 93.5 cm³/mol. The highest BCUT2D eigenvalue weighted by Gasteiger charge is 2.27. The third kappa shape index (κ3) is 2.73. The fourth-order valence-electron chi connectivity index (χ4n) is 2.63. The summed E-state index contributed by atoms with van der Waals surface area (Å²) in [7, 11) is -3.77. The maximum absolute atomic E-state index is 13.0. The average Bonchev–Trinajstić information content (AvgIpc) is 3.03. The maximum atomic E-state index is 13.0. The number of aromatic nitrogens is 2. The number of hydrogen-bond donors (Lipinski definition) is 1. The zero-order chi connectivity index (χ0) is 17.3. The Balaban J connectivity index is 2.16. The smallest absolute Gasteiger partial charge is 0.203 e. The van der Waals surface area contributed by atoms with Gasteiger partial charge >= 0.3 is 0 Å². The molecular formula is C17H15ClN2O3S. The molecule has 2 aromatic heterocycles. The van der Waals surface area contributed by atoms with Gasteiger partial charge in [-0.1, -0.05) is 30.3 Å². The Morgan fingerprint density at radius 1 is 1.33 bits per heavy atom. The first-order chi connectivity index (χ1) is 11.5. The summed E-state index contributed by atoms with van der Waals surface area (Å²) in [5.74, 6) is 0. The lowest BCUT2D eigenvalue weighted by atomic mass is 10.2. The van der Waals surface area contributed by atoms with Crippen LogP contribution in [0.1, 0.15) is 11.1 Å². The van der Waals surface area contributed by atoms with Crippen LogP contribution in [0, 0.1) is 0 Å². The van der Waals surface area contributed by atoms with Crippen LogP contribution < -0.4 is 0 Å². The van der Waals surface area contributed by atoms with Crippen molar-refractivity contribution in [3.63, 3.8) is 0 Å². The number of aliphatic hydroxyl groups excluding tert-OH is 1. The number of fused-ring (bicyclic) bond motifs is 1. The van der Waals surface area contributed by atoms with Gasteiger partial charge < -0.3 is 9.67 Å². The molecule has 3 rings (SSSR count). The summed E-state index contributed by atoms with van der Waals surface area (Å²) in [6.07, 6.45) is 4.51. The molecule has 0 saturated carbocycles. The van der Waals surface area contributed by atoms with Crippen LogP contribution in [0.5, 0.6) is 0 Å². The van der Waals surface area contributed by atoms with E-state index in [1.165, 1.54) is 22.8 Å². The number of sulfone groups is 1. The van der Waals surface area contributed by atoms with E-state index < -0.39 is 15.2 Å². The molecular weight excluding hydrogens is 348 g/mol. The standard InChI is InChI=1S/C17H15ClN2O3S/c1-2-16(20-9-3-4-13(20)11-21)24(22,23)14-6-5-12-7-8-19-17(18)15(12)10-14/h2-10,16,21H,1,11H2. The zero-order valence-corrected chi connectivity index (χ0v) is 14.2. The van der Waals surface area contributed by atoms with E-state index in [2.05, 4.69) is 11.6 Å². The molecule has 2 heterocycles. The van der Waals surface area contributed by atoms with Crippen molar-refractivity contribution < 1.29 is 13.5 Å². The van der Waals surface area contributed by atoms with Crippen LogP contribution in [-0.2, 0) is 16.4 Å². The summed E-state index contributed by atoms with van der Waals surface area (Å²) in [5.41, 5.74) is 0.490. The van der Waals surface area contributed by atoms with Gasteiger partial charge in [0.15, 0.2) is 5.37 Å². The molecule has 5 nitrogen and oxygen atoms in total. The lowest BCUT2D eigenvalue weighted by Gasteiger charge is -2.18. The lowest BCUT2D eigenvalue weighted by molar-refractivity contribution is 0.271. The number of halogens is 1. The number of rotatable bonds is 5. The Labute approximate surface area is 144 Å². The molecule has 0 aliphatic carbocycles. The summed E-state index contributed by atoms with van der Waals surface area (Å²) < 4.78 is 27.6. The van der Waals surface area contributed by atoms with Gasteiger partial charge in [-0.25, -0.2) is 13.4 Å². The average molecular weight is 363 g/mol. The first kappa shape index (κ1) is 16.7. The Hall–Kier alpha value is -2.15. The van der Waals surface area contributed by atoms with E-state index in [0.29, 0.717) is 11.1 Å². The zero-order valence-electron chi connectivity index (χ0n) is 12.6. The second kappa shape index (κ2) is 6.39. The van der Waals surface area contributed by atoms with Gasteiger partial charge in [-0.05, 0) is 35.7 Å². The number of benzene rings is 1. The molecule has 1 unspecified atom stereocenters. The van der Waals surface area contributed by atoms with Crippen LogP contribution in [0.4, 0.5) is 0 Å². The minimum Gasteiger partial charge on any atom is -0.390 e. The Bertz CT molecular complexity index is 1010. The van der Waals surface area contributed by atoms with Crippen LogP contribution in [0.2, 0.25) is 5.15 Å². The van der Waals surface area contributed by atoms with Crippen molar-refractivity contribution in [2.75, 3.05) is 0 Å². The van der Waals surface area contributed by atoms with Gasteiger partial charge in [-0.2, -0.15) is 0 Å². The van der Waals surface area contributed by atoms with Gasteiger partial charge in [-0.3, -0.25) is 0 Å². The van der Waals surface area contributed by atoms with Crippen LogP contribution in [-0.4, -0.2) is 23.1 Å². The minimum absolute atomic E-state index is 0.118. The highest BCUT2D eigenvalue weighted by atomic mass is 35.5. The highest BCUT2D eigenvalue weighted by Crippen LogP contribution is 2.30. The first-order valence-corrected chi connectivity index (χ1v) is 9.08. The molecule has 0 radical (unpaired) electrons. The Kier molecular flexibility index (Phi) is 4.45. The summed E-state index contributed by atoms with van der Waals surface area (Å²) in [6, 6.07) is 9.84. The van der Waals surface area contributed by atoms with Gasteiger partial charge in [0.2, 0.25) is 9.84 Å². The molecule has 0 bridgehead atoms. The summed E-state index contributed by atoms with van der Waals surface area (Å²) in [4.78, 5) is 4.10. The topological polar surface area (TPSA) is 72.2 Å². The monoisotopic (exact) mass is 362 g/mol. The molecule has 0 aliphatic rings. The highest BCUT2D eigenvalue weighted by molar-refractivity contribution is 7.91. The maximum Gasteiger partial charge on any atom is 0.203 e. The van der Waals surface area contributed by atoms with E-state index >= 15 is 0 Å². The van der Waals surface area contributed by atoms with E-state index in [1.807, 2.05) is 0 Å². The molecule has 1 atom stereocenters. The number of hydrogen-bond acceptors (Lipinski definition) is 4. The Morgan fingerprint density at radius 3 is 2.83 bits per heavy atom. The quantitative estimate of drug-likeness (QED) is 0.558. The van der Waals surface area contributed by atoms with E-state index in [-0.39, 0.29) is 16.7 Å². The van der Waals surface area contributed by atoms with Gasteiger partial charge in [0, 0.05) is 23.5 Å². The van der Waals surface area contributed by atoms with Crippen molar-refractivity contribution in [2.45, 2.75) is 16.9 Å². The van der Waals surface area contributed by atoms with Crippen molar-refractivity contribution in [1.29, 1.82) is 0 Å². The predicted octanol–water partition coefficient (Wildman–Crippen LogP) is 3.34. The first-order valence-electron chi connectivity index (χ1n) is 7.16. The third-order valence-corrected chi connectivity index (χ3v) is 6.11. The minimum atomic E-state index is -3.77. The molecule has 3 aromatic rings. The van der Waals surface area contributed by atoms with Crippen molar-refractivity contribution in [3.05, 3.63) is 72.3 Å². The van der Waals surface area contributed by atoms with E-state index in [9.17, 15) is 13.5 Å². The molecule has 0 aliphatic heterocycles. The van der Waals surface area contributed by atoms with Crippen LogP contribution in [0.3, 0.4) is 0 Å². The summed E-state index contributed by atoms with van der Waals surface area (Å²) in [5, 5.41) is 9.99. The van der Waals surface area contributed by atoms with Crippen LogP contribution >= 0.6 is 11.6 Å². The van der Waals surface area contributed by atoms with Crippen LogP contribution in [0.25, 0.3) is 10.8 Å². The molecule has 7 heteroatoms. The van der Waals surface area contributed by atoms with Gasteiger partial charge in [-0.15, -0.1) is 0 Å². The second-order valence-electron chi connectivity index (χ2n) is 5.22. The van der Waals surface area contributed by atoms with Crippen molar-refractivity contribution in [1.82, 2.24) is 9.55 Å². The molecule has 1 aromatic carbocycles. The SMILES string of the molecule is C=CC(n1cccc1CO)S(=O)(=O)c1ccc2ccnc(Cl)c2c1. The second-order valence-corrected chi connectivity index (χ2v) is 7.62. The number of nitrogens with zero attached hydrogens (tertiary/aromatic N) is 2. The fraction of sp³-hybridized carbons (Fsp3) is 0.118. The Morgan fingerprint density at radius 2 is 2.12 bits per heavy atom. The fourth-order valence-corrected chi connectivity index (χ4v) is 4.43. The van der Waals surface area contributed by atoms with Gasteiger partial charge in [0.25, 0.3) is 0 Å². The molecule has 0 spiro atoms. The van der Waals surface area contributed by atoms with Gasteiger partial charge in [0.05, 0.1) is 11.5 Å². The summed E-state index contributed by atoms with van der Waals surface area (Å²) in [6.45, 7) is 3.38. The van der Waals surface area contributed by atoms with E-state index in [4.69, 9.17) is 11.6 Å². The number of pyridine rings is 1. The van der Waals surface area contributed by atoms with E-state index in [0.717, 1.165) is 5.39 Å². The van der Waals surface area contributed by atoms with E-state index in [1.54, 1.807) is 36.7 Å². The van der Waals surface area contributed by atoms with Crippen molar-refractivity contribution >= 4 is 32.2 Å². The number of aliphatic hydroxyl groups is 1.